The van der Waals surface area contributed by atoms with Crippen LogP contribution in [0.3, 0.4) is 0 Å². The molecule has 8 heavy (non-hydrogen) atoms. The quantitative estimate of drug-likeness (QED) is 0.296. The van der Waals surface area contributed by atoms with Gasteiger partial charge in [0, 0.05) is 11.5 Å². The maximum atomic E-state index is 7.89. The Bertz CT molecular complexity index is 131. The van der Waals surface area contributed by atoms with Crippen LogP contribution in [0.4, 0.5) is 0 Å². The Kier molecular flexibility index (Phi) is 1.14. The van der Waals surface area contributed by atoms with E-state index in [0.29, 0.717) is 6.54 Å². The van der Waals surface area contributed by atoms with Crippen molar-refractivity contribution in [3.63, 3.8) is 0 Å². The van der Waals surface area contributed by atoms with Gasteiger partial charge in [0.1, 0.15) is 0 Å². The lowest BCUT2D eigenvalue weighted by Crippen LogP contribution is -1.95. The second-order valence-corrected chi connectivity index (χ2v) is 2.39. The van der Waals surface area contributed by atoms with Crippen LogP contribution in [-0.4, -0.2) is 6.54 Å². The first kappa shape index (κ1) is 5.45. The third-order valence-electron chi connectivity index (χ3n) is 1.43. The third-order valence-corrected chi connectivity index (χ3v) is 1.43. The van der Waals surface area contributed by atoms with Gasteiger partial charge in [-0.2, -0.15) is 0 Å². The van der Waals surface area contributed by atoms with Crippen LogP contribution in [0, 0.1) is 12.3 Å². The van der Waals surface area contributed by atoms with Gasteiger partial charge in [-0.1, -0.05) is 5.11 Å². The molecule has 0 unspecified atom stereocenters. The highest BCUT2D eigenvalue weighted by atomic mass is 15.1. The molecule has 3 heteroatoms. The van der Waals surface area contributed by atoms with Gasteiger partial charge in [0.2, 0.25) is 0 Å². The van der Waals surface area contributed by atoms with Gasteiger partial charge in [0.05, 0.1) is 0 Å². The van der Waals surface area contributed by atoms with E-state index < -0.39 is 0 Å². The number of rotatable bonds is 2. The van der Waals surface area contributed by atoms with Crippen molar-refractivity contribution in [2.45, 2.75) is 12.8 Å². The molecule has 1 radical (unpaired) electrons. The predicted octanol–water partition coefficient (Wildman–Crippen LogP) is 1.91. The average Bonchev–Trinajstić information content (AvgIpc) is 2.45. The van der Waals surface area contributed by atoms with E-state index in [9.17, 15) is 0 Å². The Morgan fingerprint density at radius 1 is 1.75 bits per heavy atom. The molecular weight excluding hydrogens is 102 g/mol. The fourth-order valence-corrected chi connectivity index (χ4v) is 0.517. The lowest BCUT2D eigenvalue weighted by molar-refractivity contribution is 0.659. The average molecular weight is 110 g/mol. The summed E-state index contributed by atoms with van der Waals surface area (Å²) in [5, 5.41) is 3.42. The smallest absolute Gasteiger partial charge is 0.0314 e. The summed E-state index contributed by atoms with van der Waals surface area (Å²) in [7, 11) is 0. The van der Waals surface area contributed by atoms with Crippen molar-refractivity contribution in [3.05, 3.63) is 17.4 Å². The van der Waals surface area contributed by atoms with Crippen LogP contribution in [0.25, 0.3) is 10.4 Å². The molecule has 1 rings (SSSR count). The first-order valence-electron chi connectivity index (χ1n) is 2.63. The molecule has 0 bridgehead atoms. The van der Waals surface area contributed by atoms with Gasteiger partial charge >= 0.3 is 0 Å². The molecule has 1 aliphatic rings. The van der Waals surface area contributed by atoms with Crippen molar-refractivity contribution in [3.8, 4) is 0 Å². The van der Waals surface area contributed by atoms with E-state index in [1.165, 1.54) is 0 Å². The predicted molar refractivity (Wildman–Crippen MR) is 31.0 cm³/mol. The molecule has 1 aliphatic carbocycles. The van der Waals surface area contributed by atoms with E-state index >= 15 is 0 Å². The number of nitrogens with zero attached hydrogens (tertiary/aromatic N) is 3. The Morgan fingerprint density at radius 3 is 2.75 bits per heavy atom. The lowest BCUT2D eigenvalue weighted by Gasteiger charge is -1.96. The maximum Gasteiger partial charge on any atom is 0.0314 e. The highest BCUT2D eigenvalue weighted by Crippen LogP contribution is 2.44. The van der Waals surface area contributed by atoms with Crippen molar-refractivity contribution in [1.29, 1.82) is 0 Å². The van der Waals surface area contributed by atoms with Crippen molar-refractivity contribution >= 4 is 0 Å². The summed E-state index contributed by atoms with van der Waals surface area (Å²) in [5.41, 5.74) is 8.02. The van der Waals surface area contributed by atoms with Crippen molar-refractivity contribution in [2.75, 3.05) is 6.54 Å². The topological polar surface area (TPSA) is 48.8 Å². The Hall–Kier alpha value is -0.690. The Labute approximate surface area is 48.3 Å². The third kappa shape index (κ3) is 1.14. The molecule has 0 heterocycles. The van der Waals surface area contributed by atoms with E-state index in [-0.39, 0.29) is 5.41 Å². The van der Waals surface area contributed by atoms with Crippen LogP contribution >= 0.6 is 0 Å². The summed E-state index contributed by atoms with van der Waals surface area (Å²) < 4.78 is 0. The van der Waals surface area contributed by atoms with Crippen LogP contribution in [-0.2, 0) is 0 Å². The molecule has 0 amide bonds. The van der Waals surface area contributed by atoms with Crippen LogP contribution in [0.15, 0.2) is 5.11 Å². The summed E-state index contributed by atoms with van der Waals surface area (Å²) in [6.07, 6.45) is 2.23. The molecule has 43 valence electrons. The number of hydrogen-bond acceptors (Lipinski definition) is 1. The van der Waals surface area contributed by atoms with Crippen molar-refractivity contribution in [1.82, 2.24) is 0 Å². The Morgan fingerprint density at radius 2 is 2.38 bits per heavy atom. The van der Waals surface area contributed by atoms with E-state index in [4.69, 9.17) is 5.53 Å². The second kappa shape index (κ2) is 1.67. The molecule has 0 aliphatic heterocycles. The number of hydrogen-bond donors (Lipinski definition) is 0. The highest BCUT2D eigenvalue weighted by molar-refractivity contribution is 4.96. The van der Waals surface area contributed by atoms with E-state index in [1.54, 1.807) is 0 Å². The van der Waals surface area contributed by atoms with Gasteiger partial charge in [-0.3, -0.25) is 0 Å². The first-order valence-corrected chi connectivity index (χ1v) is 2.63. The molecular formula is C5H8N3. The minimum Gasteiger partial charge on any atom is -0.0934 e. The van der Waals surface area contributed by atoms with Gasteiger partial charge < -0.3 is 0 Å². The molecule has 0 aromatic carbocycles. The first-order chi connectivity index (χ1) is 3.77. The highest BCUT2D eigenvalue weighted by Gasteiger charge is 2.36. The van der Waals surface area contributed by atoms with Crippen molar-refractivity contribution < 1.29 is 0 Å². The fourth-order valence-electron chi connectivity index (χ4n) is 0.517. The summed E-state index contributed by atoms with van der Waals surface area (Å²) in [5.74, 6) is 0. The molecule has 0 atom stereocenters. The zero-order valence-corrected chi connectivity index (χ0v) is 4.67. The van der Waals surface area contributed by atoms with Gasteiger partial charge in [-0.05, 0) is 30.7 Å². The van der Waals surface area contributed by atoms with E-state index in [2.05, 4.69) is 16.9 Å². The summed E-state index contributed by atoms with van der Waals surface area (Å²) in [6.45, 7) is 4.43. The zero-order chi connectivity index (χ0) is 6.04. The van der Waals surface area contributed by atoms with Gasteiger partial charge in [-0.15, -0.1) is 0 Å². The minimum absolute atomic E-state index is 0.131. The van der Waals surface area contributed by atoms with E-state index in [1.807, 2.05) is 0 Å². The molecule has 0 aromatic heterocycles. The lowest BCUT2D eigenvalue weighted by atomic mass is 10.1. The minimum atomic E-state index is 0.131. The van der Waals surface area contributed by atoms with E-state index in [0.717, 1.165) is 12.8 Å². The fraction of sp³-hybridized carbons (Fsp3) is 0.800. The van der Waals surface area contributed by atoms with Gasteiger partial charge in [0.15, 0.2) is 0 Å². The molecule has 0 spiro atoms. The molecule has 1 fully saturated rings. The molecule has 1 saturated carbocycles. The standard InChI is InChI=1S/C5H8N3/c1-5(2-3-5)4-7-8-6/h1-4H2. The molecule has 0 saturated heterocycles. The Balaban J connectivity index is 2.29. The van der Waals surface area contributed by atoms with Gasteiger partial charge in [-0.25, -0.2) is 0 Å². The summed E-state index contributed by atoms with van der Waals surface area (Å²) in [4.78, 5) is 2.65. The van der Waals surface area contributed by atoms with Crippen LogP contribution in [0.5, 0.6) is 0 Å². The monoisotopic (exact) mass is 110 g/mol. The molecule has 0 N–H and O–H groups in total. The molecule has 3 nitrogen and oxygen atoms in total. The summed E-state index contributed by atoms with van der Waals surface area (Å²) in [6, 6.07) is 0. The number of azide groups is 1. The summed E-state index contributed by atoms with van der Waals surface area (Å²) >= 11 is 0. The van der Waals surface area contributed by atoms with Crippen molar-refractivity contribution in [2.24, 2.45) is 10.5 Å². The van der Waals surface area contributed by atoms with Gasteiger partial charge in [0.25, 0.3) is 0 Å². The zero-order valence-electron chi connectivity index (χ0n) is 4.67. The SMILES string of the molecule is [CH2]C1(CN=[N+]=[N-])CC1. The van der Waals surface area contributed by atoms with Crippen LogP contribution < -0.4 is 0 Å². The normalized spacial score (nSPS) is 21.6. The maximum absolute atomic E-state index is 7.89. The largest absolute Gasteiger partial charge is 0.0934 e. The van der Waals surface area contributed by atoms with Crippen LogP contribution in [0.2, 0.25) is 0 Å². The molecule has 0 aromatic rings. The second-order valence-electron chi connectivity index (χ2n) is 2.39. The van der Waals surface area contributed by atoms with Crippen LogP contribution in [0.1, 0.15) is 12.8 Å².